The van der Waals surface area contributed by atoms with Gasteiger partial charge in [0.25, 0.3) is 5.69 Å². The molecule has 2 aromatic rings. The first kappa shape index (κ1) is 14.6. The van der Waals surface area contributed by atoms with Crippen molar-refractivity contribution in [1.29, 1.82) is 0 Å². The Hall–Kier alpha value is -1.95. The maximum Gasteiger partial charge on any atom is 0.271 e. The molecule has 1 aliphatic heterocycles. The highest BCUT2D eigenvalue weighted by atomic mass is 16.6. The lowest BCUT2D eigenvalue weighted by Crippen LogP contribution is -2.40. The Bertz CT molecular complexity index is 712. The summed E-state index contributed by atoms with van der Waals surface area (Å²) in [5.74, 6) is 0. The molecule has 23 heavy (non-hydrogen) atoms. The number of nitrogens with zero attached hydrogens (tertiary/aromatic N) is 4. The molecule has 0 N–H and O–H groups in total. The molecule has 0 spiro atoms. The van der Waals surface area contributed by atoms with Crippen LogP contribution in [0.25, 0.3) is 10.9 Å². The van der Waals surface area contributed by atoms with E-state index in [2.05, 4.69) is 10.00 Å². The number of rotatable bonds is 3. The summed E-state index contributed by atoms with van der Waals surface area (Å²) in [6.07, 6.45) is 9.42. The third-order valence-corrected chi connectivity index (χ3v) is 5.48. The number of fused-ring (bicyclic) bond motifs is 1. The van der Waals surface area contributed by atoms with Gasteiger partial charge >= 0.3 is 0 Å². The van der Waals surface area contributed by atoms with Crippen LogP contribution in [-0.2, 0) is 0 Å². The van der Waals surface area contributed by atoms with E-state index in [1.807, 2.05) is 10.9 Å². The fraction of sp³-hybridized carbons (Fsp3) is 0.588. The third-order valence-electron chi connectivity index (χ3n) is 5.48. The first-order valence-corrected chi connectivity index (χ1v) is 8.58. The van der Waals surface area contributed by atoms with Gasteiger partial charge in [-0.3, -0.25) is 14.8 Å². The van der Waals surface area contributed by atoms with Gasteiger partial charge in [0.1, 0.15) is 0 Å². The van der Waals surface area contributed by atoms with E-state index in [0.29, 0.717) is 6.04 Å². The SMILES string of the molecule is O=[N+]([O-])c1ccc2cnn(C3CCN(C4CCCC4)CC3)c2c1. The molecule has 1 aromatic heterocycles. The van der Waals surface area contributed by atoms with Crippen LogP contribution in [0.5, 0.6) is 0 Å². The molecule has 2 fully saturated rings. The Morgan fingerprint density at radius 1 is 1.09 bits per heavy atom. The molecule has 1 aliphatic carbocycles. The maximum atomic E-state index is 11.0. The smallest absolute Gasteiger partial charge is 0.271 e. The number of hydrogen-bond donors (Lipinski definition) is 0. The van der Waals surface area contributed by atoms with Crippen LogP contribution >= 0.6 is 0 Å². The minimum Gasteiger partial charge on any atom is -0.300 e. The molecular weight excluding hydrogens is 292 g/mol. The van der Waals surface area contributed by atoms with Gasteiger partial charge < -0.3 is 4.90 Å². The van der Waals surface area contributed by atoms with E-state index in [4.69, 9.17) is 0 Å². The van der Waals surface area contributed by atoms with E-state index in [1.54, 1.807) is 18.2 Å². The standard InChI is InChI=1S/C17H22N4O2/c22-21(23)16-6-5-13-12-18-20(17(13)11-16)15-7-9-19(10-8-15)14-3-1-2-4-14/h5-6,11-12,14-15H,1-4,7-10H2. The zero-order valence-electron chi connectivity index (χ0n) is 13.2. The average Bonchev–Trinajstić information content (AvgIpc) is 3.24. The molecule has 4 rings (SSSR count). The van der Waals surface area contributed by atoms with Crippen LogP contribution in [0.4, 0.5) is 5.69 Å². The Kier molecular flexibility index (Phi) is 3.77. The summed E-state index contributed by atoms with van der Waals surface area (Å²) in [5.41, 5.74) is 1.03. The summed E-state index contributed by atoms with van der Waals surface area (Å²) < 4.78 is 2.01. The Morgan fingerprint density at radius 2 is 1.83 bits per heavy atom. The number of nitro benzene ring substituents is 1. The monoisotopic (exact) mass is 314 g/mol. The van der Waals surface area contributed by atoms with Crippen LogP contribution in [0.3, 0.4) is 0 Å². The van der Waals surface area contributed by atoms with Gasteiger partial charge in [-0.2, -0.15) is 5.10 Å². The Morgan fingerprint density at radius 3 is 2.52 bits per heavy atom. The molecule has 1 saturated carbocycles. The zero-order chi connectivity index (χ0) is 15.8. The normalized spacial score (nSPS) is 21.2. The number of aromatic nitrogens is 2. The lowest BCUT2D eigenvalue weighted by Gasteiger charge is -2.36. The van der Waals surface area contributed by atoms with Crippen molar-refractivity contribution in [1.82, 2.24) is 14.7 Å². The summed E-state index contributed by atoms with van der Waals surface area (Å²) in [6.45, 7) is 2.23. The lowest BCUT2D eigenvalue weighted by molar-refractivity contribution is -0.384. The van der Waals surface area contributed by atoms with Crippen molar-refractivity contribution >= 4 is 16.6 Å². The number of hydrogen-bond acceptors (Lipinski definition) is 4. The van der Waals surface area contributed by atoms with Gasteiger partial charge in [-0.25, -0.2) is 0 Å². The molecule has 0 atom stereocenters. The summed E-state index contributed by atoms with van der Waals surface area (Å²) in [7, 11) is 0. The fourth-order valence-electron chi connectivity index (χ4n) is 4.20. The molecule has 6 nitrogen and oxygen atoms in total. The van der Waals surface area contributed by atoms with Gasteiger partial charge in [-0.05, 0) is 31.7 Å². The molecule has 0 radical (unpaired) electrons. The van der Waals surface area contributed by atoms with Gasteiger partial charge in [0.05, 0.1) is 22.7 Å². The van der Waals surface area contributed by atoms with Gasteiger partial charge in [0.15, 0.2) is 0 Å². The van der Waals surface area contributed by atoms with Crippen LogP contribution in [0.1, 0.15) is 44.6 Å². The second kappa shape index (κ2) is 5.92. The summed E-state index contributed by atoms with van der Waals surface area (Å²) >= 11 is 0. The lowest BCUT2D eigenvalue weighted by atomic mass is 10.0. The van der Waals surface area contributed by atoms with E-state index in [-0.39, 0.29) is 10.6 Å². The first-order chi connectivity index (χ1) is 11.2. The van der Waals surface area contributed by atoms with Gasteiger partial charge in [-0.15, -0.1) is 0 Å². The summed E-state index contributed by atoms with van der Waals surface area (Å²) in [6, 6.07) is 6.14. The van der Waals surface area contributed by atoms with Crippen molar-refractivity contribution in [2.45, 2.75) is 50.6 Å². The molecule has 1 aromatic carbocycles. The van der Waals surface area contributed by atoms with Gasteiger partial charge in [0, 0.05) is 36.7 Å². The van der Waals surface area contributed by atoms with Gasteiger partial charge in [-0.1, -0.05) is 12.8 Å². The van der Waals surface area contributed by atoms with Gasteiger partial charge in [0.2, 0.25) is 0 Å². The van der Waals surface area contributed by atoms with E-state index in [0.717, 1.165) is 42.9 Å². The van der Waals surface area contributed by atoms with Crippen molar-refractivity contribution in [2.24, 2.45) is 0 Å². The molecule has 0 amide bonds. The Balaban J connectivity index is 1.53. The number of non-ortho nitro benzene ring substituents is 1. The zero-order valence-corrected chi connectivity index (χ0v) is 13.2. The Labute approximate surface area is 135 Å². The fourth-order valence-corrected chi connectivity index (χ4v) is 4.20. The molecular formula is C17H22N4O2. The first-order valence-electron chi connectivity index (χ1n) is 8.58. The second-order valence-corrected chi connectivity index (χ2v) is 6.79. The van der Waals surface area contributed by atoms with Crippen LogP contribution in [0.2, 0.25) is 0 Å². The highest BCUT2D eigenvalue weighted by Gasteiger charge is 2.28. The molecule has 0 bridgehead atoms. The third kappa shape index (κ3) is 2.72. The topological polar surface area (TPSA) is 64.2 Å². The molecule has 6 heteroatoms. The molecule has 0 unspecified atom stereocenters. The quantitative estimate of drug-likeness (QED) is 0.642. The second-order valence-electron chi connectivity index (χ2n) is 6.79. The van der Waals surface area contributed by atoms with Crippen LogP contribution in [0, 0.1) is 10.1 Å². The molecule has 1 saturated heterocycles. The highest BCUT2D eigenvalue weighted by Crippen LogP contribution is 2.31. The highest BCUT2D eigenvalue weighted by molar-refractivity contribution is 5.81. The number of piperidine rings is 1. The van der Waals surface area contributed by atoms with E-state index in [9.17, 15) is 10.1 Å². The largest absolute Gasteiger partial charge is 0.300 e. The number of nitro groups is 1. The van der Waals surface area contributed by atoms with Crippen LogP contribution < -0.4 is 0 Å². The minimum absolute atomic E-state index is 0.141. The van der Waals surface area contributed by atoms with Crippen molar-refractivity contribution in [3.05, 3.63) is 34.5 Å². The number of benzene rings is 1. The minimum atomic E-state index is -0.334. The van der Waals surface area contributed by atoms with Crippen molar-refractivity contribution in [2.75, 3.05) is 13.1 Å². The van der Waals surface area contributed by atoms with Crippen molar-refractivity contribution < 1.29 is 4.92 Å². The summed E-state index contributed by atoms with van der Waals surface area (Å²) in [5, 5.41) is 16.5. The summed E-state index contributed by atoms with van der Waals surface area (Å²) in [4.78, 5) is 13.3. The molecule has 2 aliphatic rings. The van der Waals surface area contributed by atoms with E-state index >= 15 is 0 Å². The maximum absolute atomic E-state index is 11.0. The predicted octanol–water partition coefficient (Wildman–Crippen LogP) is 3.52. The van der Waals surface area contributed by atoms with E-state index < -0.39 is 0 Å². The predicted molar refractivity (Wildman–Crippen MR) is 88.5 cm³/mol. The number of likely N-dealkylation sites (tertiary alicyclic amines) is 1. The molecule has 2 heterocycles. The van der Waals surface area contributed by atoms with E-state index in [1.165, 1.54) is 25.7 Å². The average molecular weight is 314 g/mol. The van der Waals surface area contributed by atoms with Crippen molar-refractivity contribution in [3.63, 3.8) is 0 Å². The van der Waals surface area contributed by atoms with Crippen LogP contribution in [0.15, 0.2) is 24.4 Å². The molecule has 122 valence electrons. The van der Waals surface area contributed by atoms with Crippen molar-refractivity contribution in [3.8, 4) is 0 Å². The van der Waals surface area contributed by atoms with Crippen LogP contribution in [-0.4, -0.2) is 38.7 Å².